The summed E-state index contributed by atoms with van der Waals surface area (Å²) in [7, 11) is 0. The summed E-state index contributed by atoms with van der Waals surface area (Å²) in [4.78, 5) is 27.5. The van der Waals surface area contributed by atoms with Crippen LogP contribution >= 0.6 is 0 Å². The first-order chi connectivity index (χ1) is 14.0. The van der Waals surface area contributed by atoms with E-state index in [0.717, 1.165) is 16.5 Å². The van der Waals surface area contributed by atoms with Crippen LogP contribution in [0.3, 0.4) is 0 Å². The third-order valence-corrected chi connectivity index (χ3v) is 6.08. The van der Waals surface area contributed by atoms with E-state index in [2.05, 4.69) is 15.3 Å². The average Bonchev–Trinajstić information content (AvgIpc) is 3.35. The number of amides is 1. The maximum absolute atomic E-state index is 13.1. The highest BCUT2D eigenvalue weighted by Gasteiger charge is 2.45. The molecule has 1 aromatic carbocycles. The highest BCUT2D eigenvalue weighted by molar-refractivity contribution is 5.99. The lowest BCUT2D eigenvalue weighted by atomic mass is 9.83. The van der Waals surface area contributed by atoms with Gasteiger partial charge in [0.15, 0.2) is 17.2 Å². The molecule has 3 aromatic rings. The third-order valence-electron chi connectivity index (χ3n) is 6.08. The largest absolute Gasteiger partial charge is 0.483 e. The predicted molar refractivity (Wildman–Crippen MR) is 106 cm³/mol. The Hall–Kier alpha value is -3.16. The number of H-pyrrole nitrogens is 1. The number of benzene rings is 1. The van der Waals surface area contributed by atoms with Crippen LogP contribution < -0.4 is 4.74 Å². The quantitative estimate of drug-likeness (QED) is 0.723. The van der Waals surface area contributed by atoms with E-state index < -0.39 is 5.60 Å². The molecule has 29 heavy (non-hydrogen) atoms. The van der Waals surface area contributed by atoms with Gasteiger partial charge in [-0.1, -0.05) is 0 Å². The zero-order chi connectivity index (χ0) is 20.2. The molecule has 8 nitrogen and oxygen atoms in total. The van der Waals surface area contributed by atoms with Gasteiger partial charge in [0.1, 0.15) is 5.60 Å². The van der Waals surface area contributed by atoms with Crippen molar-refractivity contribution in [3.05, 3.63) is 41.3 Å². The highest BCUT2D eigenvalue weighted by atomic mass is 16.5. The molecule has 1 saturated heterocycles. The molecule has 5 rings (SSSR count). The summed E-state index contributed by atoms with van der Waals surface area (Å²) in [5.41, 5.74) is 2.52. The number of rotatable bonds is 2. The Bertz CT molecular complexity index is 1120. The van der Waals surface area contributed by atoms with Gasteiger partial charge >= 0.3 is 0 Å². The number of aromatic nitrogens is 4. The SMILES string of the molecule is CCn1cc2c(n1)C(=O)CC1(CCN(C(=O)c3cc(C)c4[nH]ncc4c3)CC1)O2. The van der Waals surface area contributed by atoms with Gasteiger partial charge in [-0.15, -0.1) is 0 Å². The minimum absolute atomic E-state index is 0.00711. The number of nitrogens with one attached hydrogen (secondary N) is 1. The van der Waals surface area contributed by atoms with E-state index in [9.17, 15) is 9.59 Å². The average molecular weight is 393 g/mol. The number of hydrogen-bond donors (Lipinski definition) is 1. The summed E-state index contributed by atoms with van der Waals surface area (Å²) >= 11 is 0. The number of Topliss-reactive ketones (excluding diaryl/α,β-unsaturated/α-hetero) is 1. The molecule has 2 aromatic heterocycles. The first-order valence-electron chi connectivity index (χ1n) is 10.0. The first kappa shape index (κ1) is 17.9. The van der Waals surface area contributed by atoms with E-state index in [0.29, 0.717) is 55.9 Å². The molecule has 0 saturated carbocycles. The maximum Gasteiger partial charge on any atom is 0.253 e. The number of aromatic amines is 1. The molecule has 1 spiro atoms. The van der Waals surface area contributed by atoms with Gasteiger partial charge in [0.05, 0.1) is 24.3 Å². The van der Waals surface area contributed by atoms with Gasteiger partial charge in [-0.2, -0.15) is 10.2 Å². The van der Waals surface area contributed by atoms with Gasteiger partial charge < -0.3 is 9.64 Å². The number of carbonyl (C=O) groups is 2. The smallest absolute Gasteiger partial charge is 0.253 e. The Labute approximate surface area is 167 Å². The number of piperidine rings is 1. The zero-order valence-electron chi connectivity index (χ0n) is 16.6. The summed E-state index contributed by atoms with van der Waals surface area (Å²) < 4.78 is 7.99. The molecule has 8 heteroatoms. The minimum atomic E-state index is -0.535. The fourth-order valence-electron chi connectivity index (χ4n) is 4.42. The van der Waals surface area contributed by atoms with E-state index in [1.165, 1.54) is 0 Å². The van der Waals surface area contributed by atoms with Crippen LogP contribution in [0.2, 0.25) is 0 Å². The molecule has 0 bridgehead atoms. The standard InChI is InChI=1S/C21H23N5O3/c1-3-26-12-17-19(24-26)16(27)10-21(29-17)4-6-25(7-5-21)20(28)14-8-13(2)18-15(9-14)11-22-23-18/h8-9,11-12H,3-7,10H2,1-2H3,(H,22,23). The molecule has 2 aliphatic heterocycles. The van der Waals surface area contributed by atoms with Crippen molar-refractivity contribution in [3.8, 4) is 5.75 Å². The van der Waals surface area contributed by atoms with Crippen molar-refractivity contribution in [1.82, 2.24) is 24.9 Å². The molecule has 1 amide bonds. The van der Waals surface area contributed by atoms with Crippen LogP contribution in [0, 0.1) is 6.92 Å². The lowest BCUT2D eigenvalue weighted by Crippen LogP contribution is -2.52. The lowest BCUT2D eigenvalue weighted by molar-refractivity contribution is -0.00583. The molecule has 0 atom stereocenters. The molecule has 0 unspecified atom stereocenters. The topological polar surface area (TPSA) is 93.1 Å². The van der Waals surface area contributed by atoms with Crippen LogP contribution in [-0.2, 0) is 6.54 Å². The minimum Gasteiger partial charge on any atom is -0.483 e. The van der Waals surface area contributed by atoms with Crippen molar-refractivity contribution in [2.75, 3.05) is 13.1 Å². The van der Waals surface area contributed by atoms with Crippen LogP contribution in [-0.4, -0.2) is 55.3 Å². The van der Waals surface area contributed by atoms with E-state index in [1.807, 2.05) is 30.9 Å². The zero-order valence-corrected chi connectivity index (χ0v) is 16.6. The first-order valence-corrected chi connectivity index (χ1v) is 10.0. The second-order valence-corrected chi connectivity index (χ2v) is 8.00. The number of nitrogens with zero attached hydrogens (tertiary/aromatic N) is 4. The molecular formula is C21H23N5O3. The fraction of sp³-hybridized carbons (Fsp3) is 0.429. The number of aryl methyl sites for hydroxylation is 2. The third kappa shape index (κ3) is 2.90. The molecule has 4 heterocycles. The van der Waals surface area contributed by atoms with Crippen molar-refractivity contribution in [3.63, 3.8) is 0 Å². The van der Waals surface area contributed by atoms with Crippen LogP contribution in [0.15, 0.2) is 24.5 Å². The Kier molecular flexibility index (Phi) is 3.97. The maximum atomic E-state index is 13.1. The van der Waals surface area contributed by atoms with Crippen LogP contribution in [0.1, 0.15) is 52.6 Å². The number of carbonyl (C=O) groups excluding carboxylic acids is 2. The van der Waals surface area contributed by atoms with Gasteiger partial charge in [0, 0.05) is 43.4 Å². The van der Waals surface area contributed by atoms with Gasteiger partial charge in [0.2, 0.25) is 0 Å². The Morgan fingerprint density at radius 3 is 2.86 bits per heavy atom. The van der Waals surface area contributed by atoms with Crippen LogP contribution in [0.4, 0.5) is 0 Å². The Morgan fingerprint density at radius 2 is 2.10 bits per heavy atom. The van der Waals surface area contributed by atoms with Gasteiger partial charge in [-0.3, -0.25) is 19.4 Å². The van der Waals surface area contributed by atoms with E-state index in [1.54, 1.807) is 17.1 Å². The van der Waals surface area contributed by atoms with Gasteiger partial charge in [-0.05, 0) is 31.5 Å². The van der Waals surface area contributed by atoms with Crippen molar-refractivity contribution in [2.24, 2.45) is 0 Å². The summed E-state index contributed by atoms with van der Waals surface area (Å²) in [6.07, 6.45) is 5.12. The number of ether oxygens (including phenoxy) is 1. The molecule has 1 fully saturated rings. The summed E-state index contributed by atoms with van der Waals surface area (Å²) in [6, 6.07) is 3.78. The van der Waals surface area contributed by atoms with Crippen molar-refractivity contribution in [2.45, 2.75) is 45.3 Å². The van der Waals surface area contributed by atoms with Crippen molar-refractivity contribution in [1.29, 1.82) is 0 Å². The number of hydrogen-bond acceptors (Lipinski definition) is 5. The van der Waals surface area contributed by atoms with Crippen molar-refractivity contribution >= 4 is 22.6 Å². The van der Waals surface area contributed by atoms with Crippen LogP contribution in [0.5, 0.6) is 5.75 Å². The molecule has 150 valence electrons. The highest BCUT2D eigenvalue weighted by Crippen LogP contribution is 2.39. The normalized spacial score (nSPS) is 18.1. The monoisotopic (exact) mass is 393 g/mol. The molecule has 1 N–H and O–H groups in total. The number of likely N-dealkylation sites (tertiary alicyclic amines) is 1. The Balaban J connectivity index is 1.33. The summed E-state index contributed by atoms with van der Waals surface area (Å²) in [5, 5.41) is 12.3. The van der Waals surface area contributed by atoms with E-state index in [-0.39, 0.29) is 11.7 Å². The van der Waals surface area contributed by atoms with Crippen molar-refractivity contribution < 1.29 is 14.3 Å². The summed E-state index contributed by atoms with van der Waals surface area (Å²) in [6.45, 7) is 5.76. The molecular weight excluding hydrogens is 370 g/mol. The Morgan fingerprint density at radius 1 is 1.31 bits per heavy atom. The second kappa shape index (κ2) is 6.43. The summed E-state index contributed by atoms with van der Waals surface area (Å²) in [5.74, 6) is 0.607. The van der Waals surface area contributed by atoms with E-state index in [4.69, 9.17) is 4.74 Å². The predicted octanol–water partition coefficient (Wildman–Crippen LogP) is 2.73. The number of ketones is 1. The molecule has 0 aliphatic carbocycles. The number of fused-ring (bicyclic) bond motifs is 2. The van der Waals surface area contributed by atoms with E-state index >= 15 is 0 Å². The van der Waals surface area contributed by atoms with Crippen LogP contribution in [0.25, 0.3) is 10.9 Å². The van der Waals surface area contributed by atoms with Gasteiger partial charge in [0.25, 0.3) is 5.91 Å². The lowest BCUT2D eigenvalue weighted by Gasteiger charge is -2.43. The van der Waals surface area contributed by atoms with Gasteiger partial charge in [-0.25, -0.2) is 0 Å². The fourth-order valence-corrected chi connectivity index (χ4v) is 4.42. The molecule has 0 radical (unpaired) electrons. The second-order valence-electron chi connectivity index (χ2n) is 8.00. The molecule has 2 aliphatic rings.